The van der Waals surface area contributed by atoms with Gasteiger partial charge in [-0.2, -0.15) is 0 Å². The van der Waals surface area contributed by atoms with Gasteiger partial charge < -0.3 is 4.74 Å². The summed E-state index contributed by atoms with van der Waals surface area (Å²) in [6.45, 7) is 2.22. The molecule has 2 heterocycles. The lowest BCUT2D eigenvalue weighted by molar-refractivity contribution is -0.118. The number of ether oxygens (including phenoxy) is 1. The summed E-state index contributed by atoms with van der Waals surface area (Å²) in [6.07, 6.45) is 3.65. The van der Waals surface area contributed by atoms with Crippen LogP contribution in [-0.2, 0) is 21.2 Å². The highest BCUT2D eigenvalue weighted by Crippen LogP contribution is 2.35. The van der Waals surface area contributed by atoms with Crippen LogP contribution in [0.3, 0.4) is 0 Å². The Kier molecular flexibility index (Phi) is 7.23. The smallest absolute Gasteiger partial charge is 0.229 e. The molecule has 4 aromatic rings. The summed E-state index contributed by atoms with van der Waals surface area (Å²) < 4.78 is 31.7. The second-order valence-corrected chi connectivity index (χ2v) is 11.0. The molecule has 2 aromatic heterocycles. The molecule has 0 N–H and O–H groups in total. The minimum Gasteiger partial charge on any atom is -0.494 e. The largest absolute Gasteiger partial charge is 0.494 e. The van der Waals surface area contributed by atoms with Gasteiger partial charge in [0.25, 0.3) is 0 Å². The van der Waals surface area contributed by atoms with Gasteiger partial charge in [-0.15, -0.1) is 0 Å². The number of para-hydroxylation sites is 1. The van der Waals surface area contributed by atoms with E-state index in [1.165, 1.54) is 11.3 Å². The van der Waals surface area contributed by atoms with E-state index in [0.29, 0.717) is 22.9 Å². The second kappa shape index (κ2) is 10.3. The Morgan fingerprint density at radius 3 is 2.50 bits per heavy atom. The van der Waals surface area contributed by atoms with Crippen LogP contribution in [-0.4, -0.2) is 37.2 Å². The van der Waals surface area contributed by atoms with Gasteiger partial charge in [0, 0.05) is 18.8 Å². The molecule has 0 atom stereocenters. The second-order valence-electron chi connectivity index (χ2n) is 7.87. The highest BCUT2D eigenvalue weighted by Gasteiger charge is 2.22. The minimum atomic E-state index is -3.46. The van der Waals surface area contributed by atoms with Crippen molar-refractivity contribution in [3.63, 3.8) is 0 Å². The van der Waals surface area contributed by atoms with E-state index in [2.05, 4.69) is 9.97 Å². The Morgan fingerprint density at radius 2 is 1.79 bits per heavy atom. The van der Waals surface area contributed by atoms with E-state index in [0.717, 1.165) is 15.8 Å². The lowest BCUT2D eigenvalue weighted by atomic mass is 10.2. The first kappa shape index (κ1) is 23.8. The van der Waals surface area contributed by atoms with Crippen LogP contribution in [0.15, 0.2) is 71.9 Å². The molecule has 0 bridgehead atoms. The third kappa shape index (κ3) is 5.43. The fraction of sp³-hybridized carbons (Fsp3) is 0.240. The van der Waals surface area contributed by atoms with Crippen LogP contribution in [0, 0.1) is 6.92 Å². The maximum Gasteiger partial charge on any atom is 0.229 e. The lowest BCUT2D eigenvalue weighted by Gasteiger charge is -2.20. The van der Waals surface area contributed by atoms with Gasteiger partial charge in [-0.1, -0.05) is 35.1 Å². The molecule has 176 valence electrons. The van der Waals surface area contributed by atoms with E-state index in [9.17, 15) is 13.2 Å². The van der Waals surface area contributed by atoms with Crippen molar-refractivity contribution in [3.8, 4) is 5.75 Å². The van der Waals surface area contributed by atoms with Crippen LogP contribution in [0.5, 0.6) is 5.75 Å². The van der Waals surface area contributed by atoms with Crippen molar-refractivity contribution < 1.29 is 17.9 Å². The number of fused-ring (bicyclic) bond motifs is 1. The highest BCUT2D eigenvalue weighted by atomic mass is 32.2. The van der Waals surface area contributed by atoms with Crippen molar-refractivity contribution in [1.29, 1.82) is 0 Å². The number of amides is 1. The molecule has 0 aliphatic heterocycles. The van der Waals surface area contributed by atoms with Crippen LogP contribution >= 0.6 is 11.3 Å². The van der Waals surface area contributed by atoms with Gasteiger partial charge in [0.05, 0.1) is 29.0 Å². The quantitative estimate of drug-likeness (QED) is 0.332. The fourth-order valence-corrected chi connectivity index (χ4v) is 5.85. The zero-order chi connectivity index (χ0) is 24.1. The van der Waals surface area contributed by atoms with Crippen LogP contribution in [0.4, 0.5) is 5.13 Å². The molecule has 0 unspecified atom stereocenters. The number of carbonyl (C=O) groups is 1. The van der Waals surface area contributed by atoms with Gasteiger partial charge in [0.15, 0.2) is 15.0 Å². The summed E-state index contributed by atoms with van der Waals surface area (Å²) >= 11 is 1.40. The van der Waals surface area contributed by atoms with Crippen molar-refractivity contribution in [3.05, 3.63) is 78.1 Å². The summed E-state index contributed by atoms with van der Waals surface area (Å²) in [5.41, 5.74) is 2.59. The Balaban J connectivity index is 1.54. The number of hydrogen-bond acceptors (Lipinski definition) is 7. The number of methoxy groups -OCH3 is 1. The molecule has 0 fully saturated rings. The predicted octanol–water partition coefficient (Wildman–Crippen LogP) is 4.80. The molecular formula is C25H25N3O4S2. The Labute approximate surface area is 203 Å². The maximum absolute atomic E-state index is 13.3. The molecule has 7 nitrogen and oxygen atoms in total. The van der Waals surface area contributed by atoms with E-state index in [-0.39, 0.29) is 29.4 Å². The molecular weight excluding hydrogens is 470 g/mol. The van der Waals surface area contributed by atoms with Gasteiger partial charge in [-0.05, 0) is 55.3 Å². The Bertz CT molecular complexity index is 1380. The van der Waals surface area contributed by atoms with Gasteiger partial charge >= 0.3 is 0 Å². The van der Waals surface area contributed by atoms with Crippen LogP contribution in [0.2, 0.25) is 0 Å². The molecule has 1 amide bonds. The number of hydrogen-bond donors (Lipinski definition) is 0. The summed E-state index contributed by atoms with van der Waals surface area (Å²) in [6, 6.07) is 16.1. The van der Waals surface area contributed by atoms with E-state index < -0.39 is 9.84 Å². The van der Waals surface area contributed by atoms with Gasteiger partial charge in [0.2, 0.25) is 5.91 Å². The number of sulfone groups is 1. The molecule has 0 radical (unpaired) electrons. The molecule has 2 aromatic carbocycles. The first-order chi connectivity index (χ1) is 16.4. The Hall–Kier alpha value is -3.30. The van der Waals surface area contributed by atoms with Crippen LogP contribution in [0.1, 0.15) is 24.0 Å². The summed E-state index contributed by atoms with van der Waals surface area (Å²) in [5.74, 6) is 0.355. The molecule has 0 saturated carbocycles. The van der Waals surface area contributed by atoms with Crippen molar-refractivity contribution >= 4 is 42.4 Å². The third-order valence-corrected chi connectivity index (χ3v) is 8.26. The number of anilines is 1. The first-order valence-corrected chi connectivity index (χ1v) is 13.3. The van der Waals surface area contributed by atoms with Gasteiger partial charge in [-0.3, -0.25) is 14.7 Å². The fourth-order valence-electron chi connectivity index (χ4n) is 3.54. The number of thiazole rings is 1. The highest BCUT2D eigenvalue weighted by molar-refractivity contribution is 7.91. The topological polar surface area (TPSA) is 89.5 Å². The van der Waals surface area contributed by atoms with Crippen molar-refractivity contribution in [1.82, 2.24) is 9.97 Å². The number of aromatic nitrogens is 2. The average Bonchev–Trinajstić information content (AvgIpc) is 3.27. The van der Waals surface area contributed by atoms with Crippen LogP contribution < -0.4 is 9.64 Å². The van der Waals surface area contributed by atoms with Crippen molar-refractivity contribution in [2.75, 3.05) is 17.8 Å². The van der Waals surface area contributed by atoms with E-state index in [4.69, 9.17) is 4.74 Å². The summed E-state index contributed by atoms with van der Waals surface area (Å²) in [5, 5.41) is 0.544. The monoisotopic (exact) mass is 495 g/mol. The van der Waals surface area contributed by atoms with E-state index >= 15 is 0 Å². The zero-order valence-corrected chi connectivity index (χ0v) is 20.6. The summed E-state index contributed by atoms with van der Waals surface area (Å²) in [4.78, 5) is 23.9. The summed E-state index contributed by atoms with van der Waals surface area (Å²) in [7, 11) is -1.87. The molecule has 0 aliphatic carbocycles. The number of carbonyl (C=O) groups excluding carboxylic acids is 1. The first-order valence-electron chi connectivity index (χ1n) is 10.8. The lowest BCUT2D eigenvalue weighted by Crippen LogP contribution is -2.30. The predicted molar refractivity (Wildman–Crippen MR) is 134 cm³/mol. The SMILES string of the molecule is COc1cccc2sc(N(Cc3ccncc3)C(=O)CCCS(=O)(=O)c3ccc(C)cc3)nc12. The number of nitrogens with zero attached hydrogens (tertiary/aromatic N) is 3. The van der Waals surface area contributed by atoms with E-state index in [1.54, 1.807) is 48.7 Å². The minimum absolute atomic E-state index is 0.0865. The molecule has 34 heavy (non-hydrogen) atoms. The zero-order valence-electron chi connectivity index (χ0n) is 19.0. The average molecular weight is 496 g/mol. The molecule has 4 rings (SSSR count). The van der Waals surface area contributed by atoms with Crippen LogP contribution in [0.25, 0.3) is 10.2 Å². The molecule has 0 saturated heterocycles. The number of aryl methyl sites for hydroxylation is 1. The molecule has 0 aliphatic rings. The molecule has 9 heteroatoms. The maximum atomic E-state index is 13.3. The number of benzene rings is 2. The molecule has 0 spiro atoms. The number of rotatable bonds is 9. The third-order valence-electron chi connectivity index (χ3n) is 5.40. The Morgan fingerprint density at radius 1 is 1.06 bits per heavy atom. The van der Waals surface area contributed by atoms with E-state index in [1.807, 2.05) is 37.3 Å². The normalized spacial score (nSPS) is 11.5. The standard InChI is InChI=1S/C25H25N3O4S2/c1-18-8-10-20(11-9-18)34(30,31)16-4-7-23(29)28(17-19-12-14-26-15-13-19)25-27-24-21(32-2)5-3-6-22(24)33-25/h3,5-6,8-15H,4,7,16-17H2,1-2H3. The number of pyridine rings is 1. The van der Waals surface area contributed by atoms with Crippen molar-refractivity contribution in [2.24, 2.45) is 0 Å². The van der Waals surface area contributed by atoms with Gasteiger partial charge in [0.1, 0.15) is 11.3 Å². The van der Waals surface area contributed by atoms with Gasteiger partial charge in [-0.25, -0.2) is 13.4 Å². The van der Waals surface area contributed by atoms with Crippen molar-refractivity contribution in [2.45, 2.75) is 31.2 Å².